The lowest BCUT2D eigenvalue weighted by Gasteiger charge is -2.19. The van der Waals surface area contributed by atoms with Crippen molar-refractivity contribution in [3.05, 3.63) is 5.69 Å². The average molecular weight is 282 g/mol. The van der Waals surface area contributed by atoms with E-state index in [0.717, 1.165) is 50.5 Å². The van der Waals surface area contributed by atoms with Crippen molar-refractivity contribution < 1.29 is 0 Å². The van der Waals surface area contributed by atoms with Gasteiger partial charge in [-0.1, -0.05) is 13.8 Å². The van der Waals surface area contributed by atoms with Crippen LogP contribution in [0.4, 0.5) is 11.5 Å². The Balaban J connectivity index is 2.31. The Morgan fingerprint density at radius 3 is 2.50 bits per heavy atom. The van der Waals surface area contributed by atoms with Crippen LogP contribution in [0, 0.1) is 6.92 Å². The lowest BCUT2D eigenvalue weighted by Crippen LogP contribution is -2.31. The molecule has 1 heterocycles. The molecule has 1 aromatic rings. The first-order valence-electron chi connectivity index (χ1n) is 7.50. The third kappa shape index (κ3) is 4.68. The third-order valence-electron chi connectivity index (χ3n) is 3.74. The van der Waals surface area contributed by atoms with Crippen molar-refractivity contribution in [2.45, 2.75) is 39.7 Å². The second-order valence-electron chi connectivity index (χ2n) is 5.28. The molecule has 1 atom stereocenters. The standard InChI is InChI=1S/C14H30N6/c1-5-20(6-2)9-7-8-12(15)10-17-14-13(16)11(3)18-19(14)4/h12,17H,5-10,15-16H2,1-4H3. The minimum atomic E-state index is 0.139. The van der Waals surface area contributed by atoms with Crippen LogP contribution < -0.4 is 16.8 Å². The van der Waals surface area contributed by atoms with Crippen molar-refractivity contribution in [2.75, 3.05) is 37.2 Å². The number of hydrogen-bond donors (Lipinski definition) is 3. The number of nitrogens with two attached hydrogens (primary N) is 2. The van der Waals surface area contributed by atoms with Gasteiger partial charge in [0.25, 0.3) is 0 Å². The number of anilines is 2. The number of rotatable bonds is 9. The highest BCUT2D eigenvalue weighted by atomic mass is 15.3. The van der Waals surface area contributed by atoms with Crippen LogP contribution in [0.5, 0.6) is 0 Å². The molecule has 0 radical (unpaired) electrons. The first-order valence-corrected chi connectivity index (χ1v) is 7.50. The van der Waals surface area contributed by atoms with E-state index >= 15 is 0 Å². The molecule has 5 N–H and O–H groups in total. The maximum atomic E-state index is 6.15. The van der Waals surface area contributed by atoms with Gasteiger partial charge in [-0.2, -0.15) is 5.10 Å². The van der Waals surface area contributed by atoms with Crippen LogP contribution >= 0.6 is 0 Å². The van der Waals surface area contributed by atoms with Crippen LogP contribution in [0.1, 0.15) is 32.4 Å². The molecule has 1 unspecified atom stereocenters. The molecule has 0 aliphatic rings. The fourth-order valence-electron chi connectivity index (χ4n) is 2.33. The average Bonchev–Trinajstić information content (AvgIpc) is 2.66. The Kier molecular flexibility index (Phi) is 6.81. The summed E-state index contributed by atoms with van der Waals surface area (Å²) in [5.41, 5.74) is 13.7. The zero-order chi connectivity index (χ0) is 15.1. The Hall–Kier alpha value is -1.27. The van der Waals surface area contributed by atoms with Crippen LogP contribution in [-0.2, 0) is 7.05 Å². The molecule has 0 spiro atoms. The molecule has 0 aliphatic carbocycles. The second-order valence-corrected chi connectivity index (χ2v) is 5.28. The number of nitrogen functional groups attached to an aromatic ring is 1. The largest absolute Gasteiger partial charge is 0.394 e. The minimum Gasteiger partial charge on any atom is -0.394 e. The van der Waals surface area contributed by atoms with Crippen molar-refractivity contribution >= 4 is 11.5 Å². The van der Waals surface area contributed by atoms with Gasteiger partial charge < -0.3 is 21.7 Å². The highest BCUT2D eigenvalue weighted by molar-refractivity contribution is 5.64. The minimum absolute atomic E-state index is 0.139. The number of nitrogens with one attached hydrogen (secondary N) is 1. The van der Waals surface area contributed by atoms with E-state index in [4.69, 9.17) is 11.5 Å². The van der Waals surface area contributed by atoms with Gasteiger partial charge in [-0.05, 0) is 39.4 Å². The topological polar surface area (TPSA) is 85.1 Å². The van der Waals surface area contributed by atoms with Crippen molar-refractivity contribution in [2.24, 2.45) is 12.8 Å². The van der Waals surface area contributed by atoms with E-state index in [1.807, 2.05) is 14.0 Å². The summed E-state index contributed by atoms with van der Waals surface area (Å²) >= 11 is 0. The van der Waals surface area contributed by atoms with E-state index in [0.29, 0.717) is 5.69 Å². The van der Waals surface area contributed by atoms with Gasteiger partial charge in [0, 0.05) is 19.6 Å². The van der Waals surface area contributed by atoms with Crippen molar-refractivity contribution in [3.63, 3.8) is 0 Å². The summed E-state index contributed by atoms with van der Waals surface area (Å²) in [4.78, 5) is 2.42. The molecule has 0 fully saturated rings. The van der Waals surface area contributed by atoms with Gasteiger partial charge in [0.05, 0.1) is 11.4 Å². The van der Waals surface area contributed by atoms with E-state index < -0.39 is 0 Å². The maximum Gasteiger partial charge on any atom is 0.147 e. The zero-order valence-electron chi connectivity index (χ0n) is 13.3. The smallest absolute Gasteiger partial charge is 0.147 e. The Bertz CT molecular complexity index is 397. The van der Waals surface area contributed by atoms with Crippen LogP contribution in [0.25, 0.3) is 0 Å². The molecule has 0 amide bonds. The van der Waals surface area contributed by atoms with Gasteiger partial charge in [0.2, 0.25) is 0 Å². The van der Waals surface area contributed by atoms with Crippen LogP contribution in [0.2, 0.25) is 0 Å². The molecule has 0 saturated carbocycles. The molecule has 20 heavy (non-hydrogen) atoms. The van der Waals surface area contributed by atoms with E-state index in [1.165, 1.54) is 0 Å². The zero-order valence-corrected chi connectivity index (χ0v) is 13.3. The van der Waals surface area contributed by atoms with Gasteiger partial charge in [-0.3, -0.25) is 4.68 Å². The molecule has 1 rings (SSSR count). The lowest BCUT2D eigenvalue weighted by molar-refractivity contribution is 0.293. The quantitative estimate of drug-likeness (QED) is 0.633. The highest BCUT2D eigenvalue weighted by Gasteiger charge is 2.11. The van der Waals surface area contributed by atoms with Gasteiger partial charge >= 0.3 is 0 Å². The fraction of sp³-hybridized carbons (Fsp3) is 0.786. The van der Waals surface area contributed by atoms with Gasteiger partial charge in [0.15, 0.2) is 0 Å². The molecule has 116 valence electrons. The fourth-order valence-corrected chi connectivity index (χ4v) is 2.33. The number of hydrogen-bond acceptors (Lipinski definition) is 5. The Morgan fingerprint density at radius 2 is 2.00 bits per heavy atom. The number of aromatic nitrogens is 2. The molecule has 1 aromatic heterocycles. The van der Waals surface area contributed by atoms with Gasteiger partial charge in [0.1, 0.15) is 5.82 Å². The van der Waals surface area contributed by atoms with Crippen molar-refractivity contribution in [1.29, 1.82) is 0 Å². The summed E-state index contributed by atoms with van der Waals surface area (Å²) in [5.74, 6) is 0.863. The maximum absolute atomic E-state index is 6.15. The molecule has 0 aromatic carbocycles. The predicted octanol–water partition coefficient (Wildman–Crippen LogP) is 1.17. The Labute approximate surface area is 122 Å². The predicted molar refractivity (Wildman–Crippen MR) is 85.8 cm³/mol. The molecule has 0 bridgehead atoms. The van der Waals surface area contributed by atoms with Gasteiger partial charge in [-0.25, -0.2) is 0 Å². The van der Waals surface area contributed by atoms with Crippen LogP contribution in [0.3, 0.4) is 0 Å². The summed E-state index contributed by atoms with van der Waals surface area (Å²) in [6.45, 7) is 10.3. The summed E-state index contributed by atoms with van der Waals surface area (Å²) in [5, 5.41) is 7.58. The molecular formula is C14H30N6. The van der Waals surface area contributed by atoms with Crippen molar-refractivity contribution in [1.82, 2.24) is 14.7 Å². The second kappa shape index (κ2) is 8.11. The van der Waals surface area contributed by atoms with Gasteiger partial charge in [-0.15, -0.1) is 0 Å². The van der Waals surface area contributed by atoms with E-state index in [2.05, 4.69) is 29.2 Å². The number of nitrogens with zero attached hydrogens (tertiary/aromatic N) is 3. The lowest BCUT2D eigenvalue weighted by atomic mass is 10.1. The monoisotopic (exact) mass is 282 g/mol. The summed E-state index contributed by atoms with van der Waals surface area (Å²) in [6, 6.07) is 0.139. The molecule has 6 heteroatoms. The normalized spacial score (nSPS) is 12.9. The van der Waals surface area contributed by atoms with E-state index in [1.54, 1.807) is 4.68 Å². The molecule has 6 nitrogen and oxygen atoms in total. The summed E-state index contributed by atoms with van der Waals surface area (Å²) in [7, 11) is 1.89. The molecule has 0 saturated heterocycles. The van der Waals surface area contributed by atoms with E-state index in [-0.39, 0.29) is 6.04 Å². The van der Waals surface area contributed by atoms with Crippen LogP contribution in [0.15, 0.2) is 0 Å². The number of aryl methyl sites for hydroxylation is 2. The third-order valence-corrected chi connectivity index (χ3v) is 3.74. The van der Waals surface area contributed by atoms with Crippen molar-refractivity contribution in [3.8, 4) is 0 Å². The summed E-state index contributed by atoms with van der Waals surface area (Å²) < 4.78 is 1.77. The SMILES string of the molecule is CCN(CC)CCCC(N)CNc1c(N)c(C)nn1C. The molecule has 0 aliphatic heterocycles. The first kappa shape index (κ1) is 16.8. The summed E-state index contributed by atoms with van der Waals surface area (Å²) in [6.07, 6.45) is 2.14. The first-order chi connectivity index (χ1) is 9.49. The highest BCUT2D eigenvalue weighted by Crippen LogP contribution is 2.20. The Morgan fingerprint density at radius 1 is 1.35 bits per heavy atom. The van der Waals surface area contributed by atoms with Crippen LogP contribution in [-0.4, -0.2) is 46.9 Å². The molecular weight excluding hydrogens is 252 g/mol. The van der Waals surface area contributed by atoms with E-state index in [9.17, 15) is 0 Å².